The van der Waals surface area contributed by atoms with Crippen molar-refractivity contribution in [1.29, 1.82) is 0 Å². The number of imidazole rings is 1. The lowest BCUT2D eigenvalue weighted by molar-refractivity contribution is 0.120. The molecule has 1 N–H and O–H groups in total. The van der Waals surface area contributed by atoms with E-state index in [4.69, 9.17) is 14.6 Å². The molecule has 1 saturated heterocycles. The molecule has 1 amide bonds. The van der Waals surface area contributed by atoms with Gasteiger partial charge in [0.1, 0.15) is 11.6 Å². The lowest BCUT2D eigenvalue weighted by Gasteiger charge is -2.23. The van der Waals surface area contributed by atoms with Crippen LogP contribution in [0.4, 0.5) is 10.6 Å². The number of para-hydroxylation sites is 1. The van der Waals surface area contributed by atoms with Crippen molar-refractivity contribution in [2.45, 2.75) is 18.9 Å². The van der Waals surface area contributed by atoms with E-state index in [1.165, 1.54) is 7.11 Å². The highest BCUT2D eigenvalue weighted by atomic mass is 16.5. The number of rotatable bonds is 5. The average Bonchev–Trinajstić information content (AvgIpc) is 3.38. The molecule has 8 heteroatoms. The summed E-state index contributed by atoms with van der Waals surface area (Å²) in [5.74, 6) is 1.49. The summed E-state index contributed by atoms with van der Waals surface area (Å²) in [4.78, 5) is 18.1. The number of carbonyl (C=O) groups excluding carboxylic acids is 1. The molecule has 1 aromatic carbocycles. The van der Waals surface area contributed by atoms with E-state index in [0.717, 1.165) is 47.9 Å². The Morgan fingerprint density at radius 2 is 2.11 bits per heavy atom. The van der Waals surface area contributed by atoms with Crippen molar-refractivity contribution in [2.24, 2.45) is 0 Å². The van der Waals surface area contributed by atoms with Crippen molar-refractivity contribution >= 4 is 17.6 Å². The van der Waals surface area contributed by atoms with Crippen LogP contribution in [-0.4, -0.2) is 58.9 Å². The fraction of sp³-hybridized carbons (Fsp3) is 0.350. The molecule has 0 unspecified atom stereocenters. The van der Waals surface area contributed by atoms with Gasteiger partial charge in [-0.2, -0.15) is 0 Å². The fourth-order valence-corrected chi connectivity index (χ4v) is 3.64. The summed E-state index contributed by atoms with van der Waals surface area (Å²) < 4.78 is 12.1. The van der Waals surface area contributed by atoms with Gasteiger partial charge in [0.2, 0.25) is 0 Å². The number of anilines is 1. The van der Waals surface area contributed by atoms with Crippen molar-refractivity contribution in [3.63, 3.8) is 0 Å². The number of hydrogen-bond donors (Lipinski definition) is 1. The number of nitrogens with one attached hydrogen (secondary N) is 1. The topological polar surface area (TPSA) is 81.0 Å². The third kappa shape index (κ3) is 3.33. The standard InChI is InChI=1S/C20H23N5O3/c1-27-17-8-4-3-7-15(17)16-13-22-19-10-9-18(23-25(16)19)21-12-14-6-5-11-24(14)20(26)28-2/h3-4,7-10,13-14H,5-6,11-12H2,1-2H3,(H,21,23)/t14-/m0/s1. The second kappa shape index (κ2) is 7.75. The second-order valence-corrected chi connectivity index (χ2v) is 6.67. The first-order chi connectivity index (χ1) is 13.7. The molecule has 0 radical (unpaired) electrons. The van der Waals surface area contributed by atoms with E-state index in [-0.39, 0.29) is 12.1 Å². The number of hydrogen-bond acceptors (Lipinski definition) is 6. The number of amides is 1. The van der Waals surface area contributed by atoms with E-state index in [0.29, 0.717) is 6.54 Å². The molecule has 0 saturated carbocycles. The van der Waals surface area contributed by atoms with Gasteiger partial charge >= 0.3 is 6.09 Å². The van der Waals surface area contributed by atoms with Gasteiger partial charge in [0.05, 0.1) is 32.2 Å². The monoisotopic (exact) mass is 381 g/mol. The van der Waals surface area contributed by atoms with Crippen molar-refractivity contribution in [3.8, 4) is 17.0 Å². The maximum absolute atomic E-state index is 11.9. The molecule has 2 aromatic heterocycles. The highest BCUT2D eigenvalue weighted by Gasteiger charge is 2.29. The zero-order valence-electron chi connectivity index (χ0n) is 16.0. The highest BCUT2D eigenvalue weighted by Crippen LogP contribution is 2.30. The first kappa shape index (κ1) is 18.1. The first-order valence-electron chi connectivity index (χ1n) is 9.28. The molecule has 1 atom stereocenters. The van der Waals surface area contributed by atoms with Crippen molar-refractivity contribution in [2.75, 3.05) is 32.6 Å². The van der Waals surface area contributed by atoms with Gasteiger partial charge in [-0.3, -0.25) is 0 Å². The van der Waals surface area contributed by atoms with Crippen LogP contribution in [0, 0.1) is 0 Å². The minimum atomic E-state index is -0.277. The Kier molecular flexibility index (Phi) is 5.01. The summed E-state index contributed by atoms with van der Waals surface area (Å²) in [6, 6.07) is 11.7. The van der Waals surface area contributed by atoms with Gasteiger partial charge in [-0.05, 0) is 37.1 Å². The quantitative estimate of drug-likeness (QED) is 0.732. The van der Waals surface area contributed by atoms with E-state index >= 15 is 0 Å². The second-order valence-electron chi connectivity index (χ2n) is 6.67. The number of ether oxygens (including phenoxy) is 2. The minimum Gasteiger partial charge on any atom is -0.496 e. The third-order valence-corrected chi connectivity index (χ3v) is 5.05. The molecule has 0 bridgehead atoms. The van der Waals surface area contributed by atoms with E-state index in [2.05, 4.69) is 10.3 Å². The molecule has 4 rings (SSSR count). The van der Waals surface area contributed by atoms with E-state index < -0.39 is 0 Å². The third-order valence-electron chi connectivity index (χ3n) is 5.05. The molecule has 3 aromatic rings. The number of fused-ring (bicyclic) bond motifs is 1. The molecular weight excluding hydrogens is 358 g/mol. The van der Waals surface area contributed by atoms with Crippen LogP contribution < -0.4 is 10.1 Å². The number of nitrogens with zero attached hydrogens (tertiary/aromatic N) is 4. The van der Waals surface area contributed by atoms with Gasteiger partial charge in [-0.15, -0.1) is 5.10 Å². The van der Waals surface area contributed by atoms with Crippen LogP contribution in [0.2, 0.25) is 0 Å². The summed E-state index contributed by atoms with van der Waals surface area (Å²) in [5.41, 5.74) is 2.53. The first-order valence-corrected chi connectivity index (χ1v) is 9.28. The number of carbonyl (C=O) groups is 1. The lowest BCUT2D eigenvalue weighted by atomic mass is 10.1. The molecule has 3 heterocycles. The van der Waals surface area contributed by atoms with Gasteiger partial charge in [-0.1, -0.05) is 12.1 Å². The van der Waals surface area contributed by atoms with E-state index in [9.17, 15) is 4.79 Å². The highest BCUT2D eigenvalue weighted by molar-refractivity contribution is 5.70. The Balaban J connectivity index is 1.57. The van der Waals surface area contributed by atoms with E-state index in [1.807, 2.05) is 36.4 Å². The summed E-state index contributed by atoms with van der Waals surface area (Å²) in [5, 5.41) is 8.04. The van der Waals surface area contributed by atoms with Gasteiger partial charge in [0, 0.05) is 18.7 Å². The summed E-state index contributed by atoms with van der Waals surface area (Å²) in [6.07, 6.45) is 3.44. The molecule has 0 spiro atoms. The minimum absolute atomic E-state index is 0.0985. The summed E-state index contributed by atoms with van der Waals surface area (Å²) in [6.45, 7) is 1.34. The zero-order chi connectivity index (χ0) is 19.5. The van der Waals surface area contributed by atoms with Gasteiger partial charge in [0.15, 0.2) is 5.65 Å². The number of benzene rings is 1. The fourth-order valence-electron chi connectivity index (χ4n) is 3.64. The molecule has 1 fully saturated rings. The molecule has 146 valence electrons. The van der Waals surface area contributed by atoms with Crippen LogP contribution in [0.15, 0.2) is 42.6 Å². The number of likely N-dealkylation sites (tertiary alicyclic amines) is 1. The Morgan fingerprint density at radius 1 is 1.25 bits per heavy atom. The van der Waals surface area contributed by atoms with Crippen LogP contribution in [0.25, 0.3) is 16.9 Å². The Morgan fingerprint density at radius 3 is 2.93 bits per heavy atom. The van der Waals surface area contributed by atoms with Crippen molar-refractivity contribution in [1.82, 2.24) is 19.5 Å². The van der Waals surface area contributed by atoms with Crippen LogP contribution in [-0.2, 0) is 4.74 Å². The van der Waals surface area contributed by atoms with Crippen LogP contribution in [0.5, 0.6) is 5.75 Å². The van der Waals surface area contributed by atoms with E-state index in [1.54, 1.807) is 22.7 Å². The smallest absolute Gasteiger partial charge is 0.409 e. The molecule has 1 aliphatic heterocycles. The van der Waals surface area contributed by atoms with Crippen molar-refractivity contribution < 1.29 is 14.3 Å². The number of aromatic nitrogens is 3. The molecule has 0 aliphatic carbocycles. The van der Waals surface area contributed by atoms with Crippen molar-refractivity contribution in [3.05, 3.63) is 42.6 Å². The predicted octanol–water partition coefficient (Wildman–Crippen LogP) is 3.05. The Labute approximate surface area is 163 Å². The predicted molar refractivity (Wildman–Crippen MR) is 106 cm³/mol. The summed E-state index contributed by atoms with van der Waals surface area (Å²) >= 11 is 0. The zero-order valence-corrected chi connectivity index (χ0v) is 16.0. The van der Waals surface area contributed by atoms with Gasteiger partial charge in [0.25, 0.3) is 0 Å². The van der Waals surface area contributed by atoms with Crippen LogP contribution >= 0.6 is 0 Å². The molecular formula is C20H23N5O3. The lowest BCUT2D eigenvalue weighted by Crippen LogP contribution is -2.39. The maximum Gasteiger partial charge on any atom is 0.409 e. The summed E-state index contributed by atoms with van der Waals surface area (Å²) in [7, 11) is 3.07. The molecule has 1 aliphatic rings. The normalized spacial score (nSPS) is 16.4. The van der Waals surface area contributed by atoms with Crippen LogP contribution in [0.1, 0.15) is 12.8 Å². The molecule has 28 heavy (non-hydrogen) atoms. The average molecular weight is 381 g/mol. The number of methoxy groups -OCH3 is 2. The largest absolute Gasteiger partial charge is 0.496 e. The molecule has 8 nitrogen and oxygen atoms in total. The Bertz CT molecular complexity index is 987. The van der Waals surface area contributed by atoms with Crippen LogP contribution in [0.3, 0.4) is 0 Å². The maximum atomic E-state index is 11.9. The SMILES string of the molecule is COC(=O)N1CCC[C@H]1CNc1ccc2ncc(-c3ccccc3OC)n2n1. The van der Waals surface area contributed by atoms with Gasteiger partial charge < -0.3 is 19.7 Å². The van der Waals surface area contributed by atoms with Gasteiger partial charge in [-0.25, -0.2) is 14.3 Å². The Hall–Kier alpha value is -3.29.